The lowest BCUT2D eigenvalue weighted by atomic mass is 10.1. The van der Waals surface area contributed by atoms with E-state index in [9.17, 15) is 4.79 Å². The lowest BCUT2D eigenvalue weighted by Gasteiger charge is -2.32. The second-order valence-electron chi connectivity index (χ2n) is 8.51. The summed E-state index contributed by atoms with van der Waals surface area (Å²) in [5.74, 6) is 0.941. The molecule has 1 saturated heterocycles. The van der Waals surface area contributed by atoms with Crippen molar-refractivity contribution in [1.29, 1.82) is 0 Å². The number of alkyl halides is 1. The molecule has 4 nitrogen and oxygen atoms in total. The highest BCUT2D eigenvalue weighted by molar-refractivity contribution is 14.1. The van der Waals surface area contributed by atoms with Crippen LogP contribution in [0.3, 0.4) is 0 Å². The molecule has 0 aliphatic carbocycles. The largest absolute Gasteiger partial charge is 0.356 e. The molecule has 5 rings (SSSR count). The van der Waals surface area contributed by atoms with E-state index < -0.39 is 0 Å². The number of nitrogens with one attached hydrogen (secondary N) is 1. The van der Waals surface area contributed by atoms with Gasteiger partial charge in [0.25, 0.3) is 5.91 Å². The number of hydrogen-bond acceptors (Lipinski definition) is 4. The summed E-state index contributed by atoms with van der Waals surface area (Å²) in [6.45, 7) is 2.58. The van der Waals surface area contributed by atoms with Crippen LogP contribution in [-0.4, -0.2) is 40.2 Å². The lowest BCUT2D eigenvalue weighted by Crippen LogP contribution is -2.39. The van der Waals surface area contributed by atoms with Crippen molar-refractivity contribution in [3.05, 3.63) is 88.4 Å². The Morgan fingerprint density at radius 3 is 2.62 bits per heavy atom. The Hall–Kier alpha value is -2.03. The molecule has 0 radical (unpaired) electrons. The van der Waals surface area contributed by atoms with Crippen molar-refractivity contribution in [3.8, 4) is 0 Å². The van der Waals surface area contributed by atoms with E-state index in [1.54, 1.807) is 11.8 Å². The van der Waals surface area contributed by atoms with Gasteiger partial charge in [0.2, 0.25) is 0 Å². The normalized spacial score (nSPS) is 15.7. The molecule has 1 N–H and O–H groups in total. The average molecular weight is 602 g/mol. The predicted molar refractivity (Wildman–Crippen MR) is 149 cm³/mol. The maximum atomic E-state index is 12.9. The summed E-state index contributed by atoms with van der Waals surface area (Å²) in [7, 11) is 0. The van der Waals surface area contributed by atoms with Crippen molar-refractivity contribution in [2.24, 2.45) is 4.99 Å². The van der Waals surface area contributed by atoms with E-state index in [0.717, 1.165) is 63.3 Å². The van der Waals surface area contributed by atoms with Crippen LogP contribution < -0.4 is 5.32 Å². The molecule has 0 unspecified atom stereocenters. The minimum absolute atomic E-state index is 0.0778. The maximum absolute atomic E-state index is 12.9. The molecule has 0 aromatic heterocycles. The van der Waals surface area contributed by atoms with Gasteiger partial charge in [0.05, 0.1) is 5.69 Å². The number of halogens is 2. The minimum atomic E-state index is -0.0778. The van der Waals surface area contributed by atoms with Crippen LogP contribution in [0.4, 0.5) is 5.69 Å². The summed E-state index contributed by atoms with van der Waals surface area (Å²) >= 11 is 10.2. The number of fused-ring (bicyclic) bond motifs is 2. The molecule has 0 saturated carbocycles. The molecule has 1 amide bonds. The summed E-state index contributed by atoms with van der Waals surface area (Å²) in [4.78, 5) is 22.7. The molecule has 1 fully saturated rings. The first-order valence-electron chi connectivity index (χ1n) is 11.5. The number of nitrogens with zero attached hydrogens (tertiary/aromatic N) is 2. The van der Waals surface area contributed by atoms with E-state index in [4.69, 9.17) is 16.6 Å². The van der Waals surface area contributed by atoms with Crippen LogP contribution >= 0.6 is 46.0 Å². The summed E-state index contributed by atoms with van der Waals surface area (Å²) in [5.41, 5.74) is 3.81. The molecule has 0 atom stereocenters. The number of piperidine rings is 1. The zero-order chi connectivity index (χ0) is 23.5. The van der Waals surface area contributed by atoms with Gasteiger partial charge in [-0.25, -0.2) is 4.99 Å². The van der Waals surface area contributed by atoms with Gasteiger partial charge < -0.3 is 10.2 Å². The molecule has 0 bridgehead atoms. The Kier molecular flexibility index (Phi) is 7.46. The summed E-state index contributed by atoms with van der Waals surface area (Å²) in [6, 6.07) is 22.0. The lowest BCUT2D eigenvalue weighted by molar-refractivity contribution is 0.0954. The van der Waals surface area contributed by atoms with E-state index in [2.05, 4.69) is 57.1 Å². The first-order valence-corrected chi connectivity index (χ1v) is 13.9. The third-order valence-corrected chi connectivity index (χ3v) is 8.77. The van der Waals surface area contributed by atoms with Gasteiger partial charge in [-0.3, -0.25) is 4.79 Å². The van der Waals surface area contributed by atoms with Gasteiger partial charge in [0.15, 0.2) is 0 Å². The van der Waals surface area contributed by atoms with Gasteiger partial charge >= 0.3 is 0 Å². The number of likely N-dealkylation sites (tertiary alicyclic amines) is 1. The smallest absolute Gasteiger partial charge is 0.251 e. The predicted octanol–water partition coefficient (Wildman–Crippen LogP) is 6.75. The minimum Gasteiger partial charge on any atom is -0.356 e. The monoisotopic (exact) mass is 601 g/mol. The van der Waals surface area contributed by atoms with E-state index in [-0.39, 0.29) is 5.91 Å². The van der Waals surface area contributed by atoms with Crippen LogP contribution in [0.2, 0.25) is 5.02 Å². The van der Waals surface area contributed by atoms with Gasteiger partial charge in [0.1, 0.15) is 5.84 Å². The first-order chi connectivity index (χ1) is 16.6. The molecular weight excluding hydrogens is 577 g/mol. The van der Waals surface area contributed by atoms with Crippen LogP contribution in [0.5, 0.6) is 0 Å². The van der Waals surface area contributed by atoms with Gasteiger partial charge in [-0.1, -0.05) is 76.3 Å². The molecule has 3 aromatic carbocycles. The van der Waals surface area contributed by atoms with E-state index in [0.29, 0.717) is 12.1 Å². The highest BCUT2D eigenvalue weighted by Gasteiger charge is 2.25. The summed E-state index contributed by atoms with van der Waals surface area (Å²) in [6.07, 6.45) is 3.09. The zero-order valence-electron chi connectivity index (χ0n) is 18.6. The average Bonchev–Trinajstić information content (AvgIpc) is 3.02. The van der Waals surface area contributed by atoms with Crippen molar-refractivity contribution in [2.45, 2.75) is 33.0 Å². The Morgan fingerprint density at radius 1 is 1.06 bits per heavy atom. The third-order valence-electron chi connectivity index (χ3n) is 6.13. The fourth-order valence-corrected chi connectivity index (χ4v) is 5.92. The molecule has 34 heavy (non-hydrogen) atoms. The number of carbonyl (C=O) groups excluding carboxylic acids is 1. The molecule has 2 aliphatic heterocycles. The molecule has 7 heteroatoms. The van der Waals surface area contributed by atoms with Gasteiger partial charge in [-0.05, 0) is 61.2 Å². The molecular formula is C27H25ClIN3OS. The van der Waals surface area contributed by atoms with E-state index in [1.807, 2.05) is 42.5 Å². The van der Waals surface area contributed by atoms with Crippen molar-refractivity contribution in [2.75, 3.05) is 19.6 Å². The quantitative estimate of drug-likeness (QED) is 0.266. The topological polar surface area (TPSA) is 44.7 Å². The zero-order valence-corrected chi connectivity index (χ0v) is 22.4. The number of hydrogen-bond donors (Lipinski definition) is 1. The van der Waals surface area contributed by atoms with Crippen LogP contribution in [0.15, 0.2) is 81.5 Å². The Balaban J connectivity index is 1.37. The van der Waals surface area contributed by atoms with Gasteiger partial charge in [0, 0.05) is 49.5 Å². The Labute approximate surface area is 223 Å². The SMILES string of the molecule is O=C(NCCc1ccc(Cl)cc1)c1ccc2c(c1)N=C(N1CCC(I)CC1)c1ccccc1S2. The van der Waals surface area contributed by atoms with Crippen LogP contribution in [0.25, 0.3) is 0 Å². The Bertz CT molecular complexity index is 1220. The van der Waals surface area contributed by atoms with E-state index in [1.165, 1.54) is 10.5 Å². The van der Waals surface area contributed by atoms with Crippen LogP contribution in [-0.2, 0) is 6.42 Å². The summed E-state index contributed by atoms with van der Waals surface area (Å²) in [5, 5.41) is 3.76. The number of carbonyl (C=O) groups is 1. The standard InChI is InChI=1S/C27H25ClIN3OS/c28-20-8-5-18(6-9-20)11-14-30-27(33)19-7-10-25-23(17-19)31-26(32-15-12-21(29)13-16-32)22-3-1-2-4-24(22)34-25/h1-10,17,21H,11-16H2,(H,30,33). The number of rotatable bonds is 4. The fourth-order valence-electron chi connectivity index (χ4n) is 4.24. The second-order valence-corrected chi connectivity index (χ2v) is 11.8. The maximum Gasteiger partial charge on any atom is 0.251 e. The number of benzene rings is 3. The Morgan fingerprint density at radius 2 is 1.82 bits per heavy atom. The molecule has 174 valence electrons. The highest BCUT2D eigenvalue weighted by atomic mass is 127. The van der Waals surface area contributed by atoms with Gasteiger partial charge in [-0.2, -0.15) is 0 Å². The second kappa shape index (κ2) is 10.7. The number of aliphatic imine (C=N–C) groups is 1. The first kappa shape index (κ1) is 23.7. The molecule has 0 spiro atoms. The van der Waals surface area contributed by atoms with Crippen molar-refractivity contribution in [3.63, 3.8) is 0 Å². The van der Waals surface area contributed by atoms with Crippen LogP contribution in [0, 0.1) is 0 Å². The van der Waals surface area contributed by atoms with Crippen molar-refractivity contribution in [1.82, 2.24) is 10.2 Å². The van der Waals surface area contributed by atoms with Crippen molar-refractivity contribution >= 4 is 63.4 Å². The molecule has 2 aliphatic rings. The van der Waals surface area contributed by atoms with Crippen molar-refractivity contribution < 1.29 is 4.79 Å². The van der Waals surface area contributed by atoms with Gasteiger partial charge in [-0.15, -0.1) is 0 Å². The van der Waals surface area contributed by atoms with E-state index >= 15 is 0 Å². The number of amidine groups is 1. The highest BCUT2D eigenvalue weighted by Crippen LogP contribution is 2.41. The van der Waals surface area contributed by atoms with Crippen LogP contribution in [0.1, 0.15) is 34.3 Å². The molecule has 2 heterocycles. The fraction of sp³-hybridized carbons (Fsp3) is 0.259. The number of amides is 1. The molecule has 3 aromatic rings. The summed E-state index contributed by atoms with van der Waals surface area (Å²) < 4.78 is 0.723. The third kappa shape index (κ3) is 5.44.